The number of rotatable bonds is 2. The van der Waals surface area contributed by atoms with E-state index in [4.69, 9.17) is 0 Å². The molecule has 0 spiro atoms. The van der Waals surface area contributed by atoms with Gasteiger partial charge in [-0.2, -0.15) is 10.2 Å². The van der Waals surface area contributed by atoms with E-state index in [1.54, 1.807) is 0 Å². The Morgan fingerprint density at radius 3 is 1.76 bits per heavy atom. The Bertz CT molecular complexity index is 755. The van der Waals surface area contributed by atoms with Gasteiger partial charge in [0.25, 0.3) is 0 Å². The van der Waals surface area contributed by atoms with Crippen LogP contribution in [0.15, 0.2) is 30.3 Å². The Labute approximate surface area is 125 Å². The molecular weight excluding hydrogens is 258 g/mol. The molecule has 1 aromatic carbocycles. The first-order valence-corrected chi connectivity index (χ1v) is 7.38. The van der Waals surface area contributed by atoms with Gasteiger partial charge in [0.2, 0.25) is 0 Å². The van der Waals surface area contributed by atoms with E-state index in [-0.39, 0.29) is 0 Å². The monoisotopic (exact) mass is 279 g/mol. The Morgan fingerprint density at radius 1 is 0.810 bits per heavy atom. The smallest absolute Gasteiger partial charge is 0.0696 e. The van der Waals surface area contributed by atoms with Gasteiger partial charge < -0.3 is 4.57 Å². The first-order chi connectivity index (χ1) is 10.0. The van der Waals surface area contributed by atoms with Crippen molar-refractivity contribution in [1.82, 2.24) is 14.8 Å². The van der Waals surface area contributed by atoms with Crippen molar-refractivity contribution in [2.75, 3.05) is 0 Å². The Balaban J connectivity index is 2.29. The van der Waals surface area contributed by atoms with Crippen LogP contribution < -0.4 is 0 Å². The predicted molar refractivity (Wildman–Crippen MR) is 86.7 cm³/mol. The third kappa shape index (κ3) is 2.04. The zero-order chi connectivity index (χ0) is 15.1. The SMILES string of the molecule is Cc1nnc(C)c2c(C)n([C@@H](C)c3ccccc3)c(C)c12. The van der Waals surface area contributed by atoms with Gasteiger partial charge in [0, 0.05) is 22.2 Å². The molecule has 1 atom stereocenters. The summed E-state index contributed by atoms with van der Waals surface area (Å²) >= 11 is 0. The number of aryl methyl sites for hydroxylation is 4. The standard InChI is InChI=1S/C18H21N3/c1-11-17-14(4)21(13(3)16-9-7-6-8-10-16)15(5)18(17)12(2)20-19-11/h6-10,13H,1-5H3/t13-/m0/s1. The van der Waals surface area contributed by atoms with E-state index in [2.05, 4.69) is 65.9 Å². The summed E-state index contributed by atoms with van der Waals surface area (Å²) in [6.45, 7) is 10.7. The second kappa shape index (κ2) is 4.99. The van der Waals surface area contributed by atoms with E-state index in [0.717, 1.165) is 11.4 Å². The van der Waals surface area contributed by atoms with E-state index in [1.165, 1.54) is 27.7 Å². The van der Waals surface area contributed by atoms with Gasteiger partial charge in [-0.05, 0) is 40.2 Å². The van der Waals surface area contributed by atoms with Crippen molar-refractivity contribution in [2.24, 2.45) is 0 Å². The lowest BCUT2D eigenvalue weighted by Gasteiger charge is -2.19. The van der Waals surface area contributed by atoms with E-state index < -0.39 is 0 Å². The Kier molecular flexibility index (Phi) is 3.28. The number of fused-ring (bicyclic) bond motifs is 1. The van der Waals surface area contributed by atoms with Gasteiger partial charge >= 0.3 is 0 Å². The fourth-order valence-electron chi connectivity index (χ4n) is 3.45. The fourth-order valence-corrected chi connectivity index (χ4v) is 3.45. The van der Waals surface area contributed by atoms with Crippen LogP contribution in [0.25, 0.3) is 10.8 Å². The van der Waals surface area contributed by atoms with E-state index in [9.17, 15) is 0 Å². The quantitative estimate of drug-likeness (QED) is 0.701. The van der Waals surface area contributed by atoms with Crippen molar-refractivity contribution >= 4 is 10.8 Å². The van der Waals surface area contributed by atoms with Crippen LogP contribution in [-0.2, 0) is 0 Å². The highest BCUT2D eigenvalue weighted by molar-refractivity contribution is 5.91. The summed E-state index contributed by atoms with van der Waals surface area (Å²) in [6, 6.07) is 10.9. The van der Waals surface area contributed by atoms with Crippen LogP contribution >= 0.6 is 0 Å². The van der Waals surface area contributed by atoms with E-state index in [1.807, 2.05) is 13.8 Å². The summed E-state index contributed by atoms with van der Waals surface area (Å²) in [6.07, 6.45) is 0. The Hall–Kier alpha value is -2.16. The molecule has 3 heteroatoms. The second-order valence-electron chi connectivity index (χ2n) is 5.75. The fraction of sp³-hybridized carbons (Fsp3) is 0.333. The molecule has 0 radical (unpaired) electrons. The normalized spacial score (nSPS) is 12.8. The molecule has 108 valence electrons. The highest BCUT2D eigenvalue weighted by Crippen LogP contribution is 2.33. The lowest BCUT2D eigenvalue weighted by atomic mass is 10.1. The van der Waals surface area contributed by atoms with Gasteiger partial charge in [-0.1, -0.05) is 30.3 Å². The third-order valence-electron chi connectivity index (χ3n) is 4.44. The molecule has 0 aliphatic rings. The lowest BCUT2D eigenvalue weighted by Crippen LogP contribution is -2.09. The van der Waals surface area contributed by atoms with Crippen LogP contribution in [0.5, 0.6) is 0 Å². The van der Waals surface area contributed by atoms with Crippen LogP contribution in [0, 0.1) is 27.7 Å². The molecule has 3 aromatic rings. The summed E-state index contributed by atoms with van der Waals surface area (Å²) in [4.78, 5) is 0. The third-order valence-corrected chi connectivity index (χ3v) is 4.44. The van der Waals surface area contributed by atoms with Crippen molar-refractivity contribution in [1.29, 1.82) is 0 Å². The molecule has 0 amide bonds. The molecule has 2 heterocycles. The zero-order valence-corrected chi connectivity index (χ0v) is 13.3. The van der Waals surface area contributed by atoms with Crippen LogP contribution in [0.1, 0.15) is 41.3 Å². The van der Waals surface area contributed by atoms with Crippen molar-refractivity contribution in [2.45, 2.75) is 40.7 Å². The van der Waals surface area contributed by atoms with Gasteiger partial charge in [-0.15, -0.1) is 0 Å². The first kappa shape index (κ1) is 13.8. The molecule has 3 nitrogen and oxygen atoms in total. The van der Waals surface area contributed by atoms with Crippen LogP contribution in [0.3, 0.4) is 0 Å². The maximum Gasteiger partial charge on any atom is 0.0696 e. The maximum absolute atomic E-state index is 4.29. The average molecular weight is 279 g/mol. The molecule has 0 saturated carbocycles. The molecule has 0 aliphatic carbocycles. The average Bonchev–Trinajstić information content (AvgIpc) is 2.76. The topological polar surface area (TPSA) is 30.7 Å². The largest absolute Gasteiger partial charge is 0.341 e. The molecule has 0 saturated heterocycles. The number of benzene rings is 1. The molecule has 0 unspecified atom stereocenters. The Morgan fingerprint density at radius 2 is 1.29 bits per heavy atom. The van der Waals surface area contributed by atoms with Crippen molar-refractivity contribution in [3.05, 3.63) is 58.7 Å². The van der Waals surface area contributed by atoms with Gasteiger partial charge in [0.15, 0.2) is 0 Å². The molecule has 2 aromatic heterocycles. The first-order valence-electron chi connectivity index (χ1n) is 7.38. The second-order valence-corrected chi connectivity index (χ2v) is 5.75. The summed E-state index contributed by atoms with van der Waals surface area (Å²) in [7, 11) is 0. The summed E-state index contributed by atoms with van der Waals surface area (Å²) in [5.41, 5.74) is 5.88. The highest BCUT2D eigenvalue weighted by atomic mass is 15.1. The van der Waals surface area contributed by atoms with Gasteiger partial charge in [0.1, 0.15) is 0 Å². The number of nitrogens with zero attached hydrogens (tertiary/aromatic N) is 3. The van der Waals surface area contributed by atoms with Crippen LogP contribution in [0.4, 0.5) is 0 Å². The summed E-state index contributed by atoms with van der Waals surface area (Å²) in [5.74, 6) is 0. The number of aromatic nitrogens is 3. The minimum atomic E-state index is 0.303. The van der Waals surface area contributed by atoms with Gasteiger partial charge in [-0.3, -0.25) is 0 Å². The summed E-state index contributed by atoms with van der Waals surface area (Å²) in [5, 5.41) is 11.1. The van der Waals surface area contributed by atoms with Gasteiger partial charge in [0.05, 0.1) is 17.4 Å². The highest BCUT2D eigenvalue weighted by Gasteiger charge is 2.20. The van der Waals surface area contributed by atoms with E-state index >= 15 is 0 Å². The van der Waals surface area contributed by atoms with E-state index in [0.29, 0.717) is 6.04 Å². The molecular formula is C18H21N3. The predicted octanol–water partition coefficient (Wildman–Crippen LogP) is 4.27. The van der Waals surface area contributed by atoms with Crippen molar-refractivity contribution in [3.8, 4) is 0 Å². The molecule has 0 bridgehead atoms. The minimum absolute atomic E-state index is 0.303. The number of hydrogen-bond acceptors (Lipinski definition) is 2. The van der Waals surface area contributed by atoms with Crippen molar-refractivity contribution < 1.29 is 0 Å². The molecule has 0 fully saturated rings. The summed E-state index contributed by atoms with van der Waals surface area (Å²) < 4.78 is 2.41. The van der Waals surface area contributed by atoms with Crippen molar-refractivity contribution in [3.63, 3.8) is 0 Å². The lowest BCUT2D eigenvalue weighted by molar-refractivity contribution is 0.613. The minimum Gasteiger partial charge on any atom is -0.341 e. The van der Waals surface area contributed by atoms with Crippen LogP contribution in [0.2, 0.25) is 0 Å². The molecule has 3 rings (SSSR count). The number of hydrogen-bond donors (Lipinski definition) is 0. The molecule has 21 heavy (non-hydrogen) atoms. The zero-order valence-electron chi connectivity index (χ0n) is 13.3. The maximum atomic E-state index is 4.29. The molecule has 0 N–H and O–H groups in total. The van der Waals surface area contributed by atoms with Gasteiger partial charge in [-0.25, -0.2) is 0 Å². The van der Waals surface area contributed by atoms with Crippen LogP contribution in [-0.4, -0.2) is 14.8 Å². The molecule has 0 aliphatic heterocycles.